The van der Waals surface area contributed by atoms with Crippen molar-refractivity contribution in [1.82, 2.24) is 4.98 Å². The number of hydrogen-bond donors (Lipinski definition) is 0. The first-order valence-corrected chi connectivity index (χ1v) is 7.25. The number of nitrogens with zero attached hydrogens (tertiary/aromatic N) is 1. The number of hydrogen-bond acceptors (Lipinski definition) is 2. The molecule has 1 heterocycles. The molecule has 0 amide bonds. The fourth-order valence-electron chi connectivity index (χ4n) is 2.63. The van der Waals surface area contributed by atoms with Crippen molar-refractivity contribution in [3.05, 3.63) is 65.5 Å². The van der Waals surface area contributed by atoms with E-state index in [1.165, 1.54) is 0 Å². The van der Waals surface area contributed by atoms with Gasteiger partial charge in [0.1, 0.15) is 11.4 Å². The van der Waals surface area contributed by atoms with Gasteiger partial charge in [0.2, 0.25) is 0 Å². The molecule has 2 aromatic rings. The van der Waals surface area contributed by atoms with Crippen molar-refractivity contribution in [2.45, 2.75) is 37.4 Å². The average Bonchev–Trinajstić information content (AvgIpc) is 2.51. The third-order valence-electron chi connectivity index (χ3n) is 4.00. The van der Waals surface area contributed by atoms with Crippen LogP contribution in [0, 0.1) is 0 Å². The monoisotopic (exact) mass is 325 g/mol. The summed E-state index contributed by atoms with van der Waals surface area (Å²) in [6, 6.07) is 11.5. The Kier molecular flexibility index (Phi) is 4.10. The van der Waals surface area contributed by atoms with E-state index in [2.05, 4.69) is 4.98 Å². The molecule has 1 aromatic carbocycles. The Morgan fingerprint density at radius 3 is 2.35 bits per heavy atom. The summed E-state index contributed by atoms with van der Waals surface area (Å²) in [4.78, 5) is 3.31. The van der Waals surface area contributed by atoms with Gasteiger partial charge in [-0.05, 0) is 11.6 Å². The maximum atomic E-state index is 14.6. The Balaban J connectivity index is 1.56. The predicted octanol–water partition coefficient (Wildman–Crippen LogP) is 4.64. The van der Waals surface area contributed by atoms with Gasteiger partial charge >= 0.3 is 6.18 Å². The Hall–Kier alpha value is -1.95. The van der Waals surface area contributed by atoms with Gasteiger partial charge in [-0.1, -0.05) is 36.4 Å². The lowest BCUT2D eigenvalue weighted by molar-refractivity contribution is -0.141. The lowest BCUT2D eigenvalue weighted by Crippen LogP contribution is -2.42. The van der Waals surface area contributed by atoms with Gasteiger partial charge in [0.15, 0.2) is 0 Å². The van der Waals surface area contributed by atoms with Gasteiger partial charge in [0.25, 0.3) is 0 Å². The molecular formula is C17H15F4NO. The first kappa shape index (κ1) is 15.9. The molecule has 0 radical (unpaired) electrons. The van der Waals surface area contributed by atoms with Crippen molar-refractivity contribution in [3.8, 4) is 0 Å². The van der Waals surface area contributed by atoms with Crippen LogP contribution in [0.2, 0.25) is 0 Å². The van der Waals surface area contributed by atoms with Crippen molar-refractivity contribution in [3.63, 3.8) is 0 Å². The van der Waals surface area contributed by atoms with E-state index in [9.17, 15) is 17.6 Å². The summed E-state index contributed by atoms with van der Waals surface area (Å²) in [6.45, 7) is 0.396. The summed E-state index contributed by atoms with van der Waals surface area (Å²) in [5.74, 6) is 0. The van der Waals surface area contributed by atoms with Crippen LogP contribution in [0.4, 0.5) is 17.6 Å². The van der Waals surface area contributed by atoms with E-state index in [0.717, 1.165) is 23.9 Å². The quantitative estimate of drug-likeness (QED) is 0.764. The third kappa shape index (κ3) is 3.52. The van der Waals surface area contributed by atoms with Crippen molar-refractivity contribution < 1.29 is 22.3 Å². The summed E-state index contributed by atoms with van der Waals surface area (Å²) in [6.07, 6.45) is -3.51. The highest BCUT2D eigenvalue weighted by Crippen LogP contribution is 2.47. The van der Waals surface area contributed by atoms with E-state index >= 15 is 0 Å². The lowest BCUT2D eigenvalue weighted by atomic mass is 9.75. The summed E-state index contributed by atoms with van der Waals surface area (Å²) in [7, 11) is 0. The number of benzene rings is 1. The smallest absolute Gasteiger partial charge is 0.373 e. The van der Waals surface area contributed by atoms with Crippen molar-refractivity contribution >= 4 is 0 Å². The highest BCUT2D eigenvalue weighted by molar-refractivity contribution is 5.25. The molecule has 1 saturated carbocycles. The summed E-state index contributed by atoms with van der Waals surface area (Å²) in [5.41, 5.74) is -1.50. The summed E-state index contributed by atoms with van der Waals surface area (Å²) < 4.78 is 57.6. The molecule has 23 heavy (non-hydrogen) atoms. The molecule has 1 fully saturated rings. The molecular weight excluding hydrogens is 310 g/mol. The number of pyridine rings is 1. The fraction of sp³-hybridized carbons (Fsp3) is 0.353. The van der Waals surface area contributed by atoms with Crippen molar-refractivity contribution in [2.24, 2.45) is 0 Å². The molecule has 0 saturated heterocycles. The van der Waals surface area contributed by atoms with E-state index in [1.807, 2.05) is 30.3 Å². The highest BCUT2D eigenvalue weighted by Gasteiger charge is 2.47. The molecule has 0 atom stereocenters. The molecule has 0 spiro atoms. The van der Waals surface area contributed by atoms with Crippen LogP contribution in [0.3, 0.4) is 0 Å². The largest absolute Gasteiger partial charge is 0.433 e. The topological polar surface area (TPSA) is 22.1 Å². The molecule has 0 unspecified atom stereocenters. The van der Waals surface area contributed by atoms with Crippen LogP contribution in [-0.4, -0.2) is 11.1 Å². The second kappa shape index (κ2) is 5.92. The number of halogens is 4. The Labute approximate surface area is 131 Å². The van der Waals surface area contributed by atoms with Crippen LogP contribution in [-0.2, 0) is 23.2 Å². The van der Waals surface area contributed by atoms with Gasteiger partial charge in [0, 0.05) is 24.6 Å². The Morgan fingerprint density at radius 1 is 1.09 bits per heavy atom. The van der Waals surface area contributed by atoms with Crippen LogP contribution in [0.5, 0.6) is 0 Å². The van der Waals surface area contributed by atoms with Crippen LogP contribution >= 0.6 is 0 Å². The number of rotatable bonds is 4. The lowest BCUT2D eigenvalue weighted by Gasteiger charge is -2.41. The van der Waals surface area contributed by atoms with E-state index in [0.29, 0.717) is 6.61 Å². The van der Waals surface area contributed by atoms with Crippen LogP contribution in [0.1, 0.15) is 29.7 Å². The number of alkyl halides is 4. The first-order chi connectivity index (χ1) is 10.9. The zero-order valence-electron chi connectivity index (χ0n) is 12.2. The predicted molar refractivity (Wildman–Crippen MR) is 76.3 cm³/mol. The molecule has 0 aliphatic heterocycles. The van der Waals surface area contributed by atoms with Gasteiger partial charge in [-0.2, -0.15) is 13.2 Å². The van der Waals surface area contributed by atoms with E-state index in [4.69, 9.17) is 4.74 Å². The van der Waals surface area contributed by atoms with Gasteiger partial charge < -0.3 is 4.74 Å². The minimum Gasteiger partial charge on any atom is -0.373 e. The van der Waals surface area contributed by atoms with Gasteiger partial charge in [0.05, 0.1) is 12.7 Å². The Morgan fingerprint density at radius 2 is 1.78 bits per heavy atom. The van der Waals surface area contributed by atoms with E-state index < -0.39 is 17.5 Å². The number of aromatic nitrogens is 1. The standard InChI is InChI=1S/C17H15F4NO/c18-16(13-6-7-15(22-10-13)17(19,20)21)8-14(9-16)23-11-12-4-2-1-3-5-12/h1-7,10,14H,8-9,11H2. The second-order valence-electron chi connectivity index (χ2n) is 5.72. The summed E-state index contributed by atoms with van der Waals surface area (Å²) in [5, 5.41) is 0. The molecule has 1 aliphatic rings. The molecule has 0 bridgehead atoms. The van der Waals surface area contributed by atoms with E-state index in [-0.39, 0.29) is 24.5 Å². The average molecular weight is 325 g/mol. The molecule has 1 aromatic heterocycles. The van der Waals surface area contributed by atoms with Gasteiger partial charge in [-0.3, -0.25) is 4.98 Å². The zero-order valence-corrected chi connectivity index (χ0v) is 12.2. The van der Waals surface area contributed by atoms with Crippen LogP contribution in [0.15, 0.2) is 48.7 Å². The molecule has 1 aliphatic carbocycles. The highest BCUT2D eigenvalue weighted by atomic mass is 19.4. The van der Waals surface area contributed by atoms with Crippen LogP contribution in [0.25, 0.3) is 0 Å². The molecule has 6 heteroatoms. The Bertz CT molecular complexity index is 649. The summed E-state index contributed by atoms with van der Waals surface area (Å²) >= 11 is 0. The maximum absolute atomic E-state index is 14.6. The zero-order chi connectivity index (χ0) is 16.5. The normalized spacial score (nSPS) is 24.3. The van der Waals surface area contributed by atoms with Gasteiger partial charge in [-0.25, -0.2) is 4.39 Å². The molecule has 3 rings (SSSR count). The second-order valence-corrected chi connectivity index (χ2v) is 5.72. The van der Waals surface area contributed by atoms with E-state index in [1.54, 1.807) is 0 Å². The molecule has 2 nitrogen and oxygen atoms in total. The maximum Gasteiger partial charge on any atom is 0.433 e. The van der Waals surface area contributed by atoms with Crippen molar-refractivity contribution in [1.29, 1.82) is 0 Å². The molecule has 122 valence electrons. The molecule has 0 N–H and O–H groups in total. The minimum atomic E-state index is -4.51. The van der Waals surface area contributed by atoms with Crippen molar-refractivity contribution in [2.75, 3.05) is 0 Å². The van der Waals surface area contributed by atoms with Crippen LogP contribution < -0.4 is 0 Å². The third-order valence-corrected chi connectivity index (χ3v) is 4.00. The SMILES string of the molecule is FC(F)(F)c1ccc(C2(F)CC(OCc3ccccc3)C2)cn1. The number of ether oxygens (including phenoxy) is 1. The van der Waals surface area contributed by atoms with Gasteiger partial charge in [-0.15, -0.1) is 0 Å². The first-order valence-electron chi connectivity index (χ1n) is 7.25. The fourth-order valence-corrected chi connectivity index (χ4v) is 2.63. The minimum absolute atomic E-state index is 0.132.